The van der Waals surface area contributed by atoms with Gasteiger partial charge in [0.2, 0.25) is 0 Å². The van der Waals surface area contributed by atoms with E-state index in [9.17, 15) is 4.79 Å². The summed E-state index contributed by atoms with van der Waals surface area (Å²) in [5.74, 6) is 0. The fourth-order valence-corrected chi connectivity index (χ4v) is 1.66. The molecule has 19 heavy (non-hydrogen) atoms. The van der Waals surface area contributed by atoms with Crippen LogP contribution in [0.4, 0.5) is 4.79 Å². The van der Waals surface area contributed by atoms with Gasteiger partial charge in [0.15, 0.2) is 0 Å². The molecule has 4 nitrogen and oxygen atoms in total. The van der Waals surface area contributed by atoms with Crippen LogP contribution in [0.1, 0.15) is 33.3 Å². The first-order valence-electron chi connectivity index (χ1n) is 6.11. The Kier molecular flexibility index (Phi) is 5.36. The number of hydrogen-bond donors (Lipinski definition) is 1. The lowest BCUT2D eigenvalue weighted by Gasteiger charge is -2.21. The van der Waals surface area contributed by atoms with Crippen LogP contribution in [-0.2, 0) is 4.74 Å². The number of hydrogen-bond acceptors (Lipinski definition) is 3. The lowest BCUT2D eigenvalue weighted by molar-refractivity contribution is 0.152. The highest BCUT2D eigenvalue weighted by Crippen LogP contribution is 2.22. The maximum Gasteiger partial charge on any atom is 0.427 e. The van der Waals surface area contributed by atoms with E-state index in [0.717, 1.165) is 11.3 Å². The molecule has 0 fully saturated rings. The van der Waals surface area contributed by atoms with Crippen LogP contribution in [0, 0.1) is 5.41 Å². The van der Waals surface area contributed by atoms with Crippen molar-refractivity contribution >= 4 is 23.4 Å². The van der Waals surface area contributed by atoms with Crippen LogP contribution in [0.5, 0.6) is 0 Å². The number of nitrogens with zero attached hydrogens (tertiary/aromatic N) is 1. The predicted molar refractivity (Wildman–Crippen MR) is 77.6 cm³/mol. The summed E-state index contributed by atoms with van der Waals surface area (Å²) in [6.45, 7) is 8.12. The highest BCUT2D eigenvalue weighted by atomic mass is 35.5. The highest BCUT2D eigenvalue weighted by molar-refractivity contribution is 6.30. The molecule has 0 aromatic heterocycles. The van der Waals surface area contributed by atoms with Crippen molar-refractivity contribution in [1.82, 2.24) is 5.43 Å². The fourth-order valence-electron chi connectivity index (χ4n) is 1.54. The Hall–Kier alpha value is -1.55. The molecule has 1 aromatic rings. The van der Waals surface area contributed by atoms with Crippen molar-refractivity contribution in [3.05, 3.63) is 34.9 Å². The van der Waals surface area contributed by atoms with E-state index in [1.54, 1.807) is 19.1 Å². The van der Waals surface area contributed by atoms with Crippen LogP contribution in [0.25, 0.3) is 0 Å². The summed E-state index contributed by atoms with van der Waals surface area (Å²) in [5, 5.41) is 4.82. The molecule has 0 radical (unpaired) electrons. The molecular formula is C14H19ClN2O2. The second-order valence-corrected chi connectivity index (χ2v) is 5.49. The molecule has 0 bridgehead atoms. The molecule has 1 N–H and O–H groups in total. The molecule has 0 spiro atoms. The second kappa shape index (κ2) is 6.57. The zero-order chi connectivity index (χ0) is 14.5. The normalized spacial score (nSPS) is 12.2. The lowest BCUT2D eigenvalue weighted by atomic mass is 9.86. The molecule has 0 saturated carbocycles. The van der Waals surface area contributed by atoms with Gasteiger partial charge in [-0.1, -0.05) is 44.5 Å². The minimum Gasteiger partial charge on any atom is -0.449 e. The SMILES string of the molecule is CCOC(=O)NN=C(c1ccc(Cl)cc1)C(C)(C)C. The Labute approximate surface area is 118 Å². The molecule has 1 rings (SSSR count). The van der Waals surface area contributed by atoms with Gasteiger partial charge in [-0.3, -0.25) is 0 Å². The van der Waals surface area contributed by atoms with Gasteiger partial charge in [0.1, 0.15) is 0 Å². The lowest BCUT2D eigenvalue weighted by Crippen LogP contribution is -2.27. The first kappa shape index (κ1) is 15.5. The number of rotatable bonds is 3. The number of ether oxygens (including phenoxy) is 1. The van der Waals surface area contributed by atoms with Crippen molar-refractivity contribution in [2.75, 3.05) is 6.61 Å². The minimum atomic E-state index is -0.557. The van der Waals surface area contributed by atoms with Gasteiger partial charge < -0.3 is 4.74 Å². The van der Waals surface area contributed by atoms with Crippen molar-refractivity contribution in [3.8, 4) is 0 Å². The summed E-state index contributed by atoms with van der Waals surface area (Å²) < 4.78 is 4.78. The third kappa shape index (κ3) is 4.91. The third-order valence-electron chi connectivity index (χ3n) is 2.36. The van der Waals surface area contributed by atoms with Gasteiger partial charge in [-0.15, -0.1) is 0 Å². The quantitative estimate of drug-likeness (QED) is 0.676. The maximum absolute atomic E-state index is 11.3. The van der Waals surface area contributed by atoms with Crippen molar-refractivity contribution < 1.29 is 9.53 Å². The first-order valence-corrected chi connectivity index (χ1v) is 6.49. The smallest absolute Gasteiger partial charge is 0.427 e. The van der Waals surface area contributed by atoms with Crippen molar-refractivity contribution in [1.29, 1.82) is 0 Å². The third-order valence-corrected chi connectivity index (χ3v) is 2.61. The molecule has 0 unspecified atom stereocenters. The van der Waals surface area contributed by atoms with Crippen molar-refractivity contribution in [2.24, 2.45) is 10.5 Å². The Morgan fingerprint density at radius 3 is 2.37 bits per heavy atom. The van der Waals surface area contributed by atoms with Gasteiger partial charge in [-0.05, 0) is 24.6 Å². The zero-order valence-corrected chi connectivity index (χ0v) is 12.4. The summed E-state index contributed by atoms with van der Waals surface area (Å²) in [4.78, 5) is 11.3. The van der Waals surface area contributed by atoms with Crippen molar-refractivity contribution in [2.45, 2.75) is 27.7 Å². The summed E-state index contributed by atoms with van der Waals surface area (Å²) in [7, 11) is 0. The average molecular weight is 283 g/mol. The van der Waals surface area contributed by atoms with E-state index in [1.807, 2.05) is 32.9 Å². The van der Waals surface area contributed by atoms with Gasteiger partial charge in [0.25, 0.3) is 0 Å². The summed E-state index contributed by atoms with van der Waals surface area (Å²) in [6, 6.07) is 7.34. The van der Waals surface area contributed by atoms with Gasteiger partial charge >= 0.3 is 6.09 Å². The first-order chi connectivity index (χ1) is 8.84. The van der Waals surface area contributed by atoms with Crippen molar-refractivity contribution in [3.63, 3.8) is 0 Å². The van der Waals surface area contributed by atoms with Crippen LogP contribution in [0.2, 0.25) is 5.02 Å². The topological polar surface area (TPSA) is 50.7 Å². The van der Waals surface area contributed by atoms with E-state index in [1.165, 1.54) is 0 Å². The molecule has 1 aromatic carbocycles. The van der Waals surface area contributed by atoms with E-state index in [-0.39, 0.29) is 5.41 Å². The Bertz CT molecular complexity index is 461. The number of amides is 1. The van der Waals surface area contributed by atoms with E-state index in [0.29, 0.717) is 11.6 Å². The number of carbonyl (C=O) groups excluding carboxylic acids is 1. The predicted octanol–water partition coefficient (Wildman–Crippen LogP) is 3.84. The number of halogens is 1. The number of nitrogens with one attached hydrogen (secondary N) is 1. The standard InChI is InChI=1S/C14H19ClN2O2/c1-5-19-13(18)17-16-12(14(2,3)4)10-6-8-11(15)9-7-10/h6-9H,5H2,1-4H3,(H,17,18). The molecule has 0 heterocycles. The van der Waals surface area contributed by atoms with Crippen LogP contribution < -0.4 is 5.43 Å². The highest BCUT2D eigenvalue weighted by Gasteiger charge is 2.21. The van der Waals surface area contributed by atoms with Crippen LogP contribution in [0.15, 0.2) is 29.4 Å². The van der Waals surface area contributed by atoms with Gasteiger partial charge in [-0.2, -0.15) is 5.10 Å². The zero-order valence-electron chi connectivity index (χ0n) is 11.7. The molecule has 0 atom stereocenters. The average Bonchev–Trinajstić information content (AvgIpc) is 2.30. The minimum absolute atomic E-state index is 0.215. The fraction of sp³-hybridized carbons (Fsp3) is 0.429. The van der Waals surface area contributed by atoms with Gasteiger partial charge in [0.05, 0.1) is 12.3 Å². The molecule has 5 heteroatoms. The van der Waals surface area contributed by atoms with E-state index >= 15 is 0 Å². The van der Waals surface area contributed by atoms with E-state index in [2.05, 4.69) is 10.5 Å². The Morgan fingerprint density at radius 2 is 1.89 bits per heavy atom. The molecule has 0 aliphatic carbocycles. The number of hydrazone groups is 1. The van der Waals surface area contributed by atoms with Gasteiger partial charge in [-0.25, -0.2) is 10.2 Å². The molecule has 0 saturated heterocycles. The largest absolute Gasteiger partial charge is 0.449 e. The van der Waals surface area contributed by atoms with Crippen LogP contribution in [0.3, 0.4) is 0 Å². The molecule has 104 valence electrons. The maximum atomic E-state index is 11.3. The van der Waals surface area contributed by atoms with Gasteiger partial charge in [0, 0.05) is 10.4 Å². The summed E-state index contributed by atoms with van der Waals surface area (Å²) in [5.41, 5.74) is 3.85. The van der Waals surface area contributed by atoms with Crippen LogP contribution >= 0.6 is 11.6 Å². The monoisotopic (exact) mass is 282 g/mol. The number of carbonyl (C=O) groups is 1. The molecule has 0 aliphatic rings. The number of benzene rings is 1. The Morgan fingerprint density at radius 1 is 1.32 bits per heavy atom. The second-order valence-electron chi connectivity index (χ2n) is 5.05. The van der Waals surface area contributed by atoms with Crippen LogP contribution in [-0.4, -0.2) is 18.4 Å². The molecule has 1 amide bonds. The summed E-state index contributed by atoms with van der Waals surface area (Å²) >= 11 is 5.87. The molecular weight excluding hydrogens is 264 g/mol. The van der Waals surface area contributed by atoms with E-state index in [4.69, 9.17) is 16.3 Å². The molecule has 0 aliphatic heterocycles. The van der Waals surface area contributed by atoms with E-state index < -0.39 is 6.09 Å². The summed E-state index contributed by atoms with van der Waals surface area (Å²) in [6.07, 6.45) is -0.557. The Balaban J connectivity index is 2.99.